The molecule has 0 unspecified atom stereocenters. The van der Waals surface area contributed by atoms with Gasteiger partial charge in [-0.3, -0.25) is 4.90 Å². The van der Waals surface area contributed by atoms with Crippen LogP contribution in [0.3, 0.4) is 0 Å². The van der Waals surface area contributed by atoms with Crippen LogP contribution in [-0.4, -0.2) is 42.1 Å². The second kappa shape index (κ2) is 6.20. The molecule has 112 valence electrons. The Morgan fingerprint density at radius 2 is 1.76 bits per heavy atom. The number of piperazine rings is 1. The fraction of sp³-hybridized carbons (Fsp3) is 0.471. The third-order valence-electron chi connectivity index (χ3n) is 4.34. The molecular formula is C17H22ClN3. The highest BCUT2D eigenvalue weighted by Gasteiger charge is 2.21. The maximum absolute atomic E-state index is 6.04. The number of rotatable bonds is 3. The first-order chi connectivity index (χ1) is 10.2. The van der Waals surface area contributed by atoms with Crippen molar-refractivity contribution in [2.24, 2.45) is 0 Å². The van der Waals surface area contributed by atoms with Gasteiger partial charge in [-0.25, -0.2) is 4.98 Å². The lowest BCUT2D eigenvalue weighted by Crippen LogP contribution is -2.49. The van der Waals surface area contributed by atoms with Gasteiger partial charge < -0.3 is 4.90 Å². The molecule has 0 atom stereocenters. The average Bonchev–Trinajstić information content (AvgIpc) is 2.54. The second-order valence-corrected chi connectivity index (χ2v) is 6.17. The van der Waals surface area contributed by atoms with E-state index in [1.807, 2.05) is 6.20 Å². The van der Waals surface area contributed by atoms with E-state index in [0.717, 1.165) is 37.6 Å². The van der Waals surface area contributed by atoms with Crippen molar-refractivity contribution in [2.45, 2.75) is 25.8 Å². The Morgan fingerprint density at radius 3 is 2.38 bits per heavy atom. The lowest BCUT2D eigenvalue weighted by molar-refractivity contribution is 0.209. The summed E-state index contributed by atoms with van der Waals surface area (Å²) in [6.45, 7) is 8.80. The lowest BCUT2D eigenvalue weighted by Gasteiger charge is -2.38. The number of nitrogens with zero attached hydrogens (tertiary/aromatic N) is 3. The Morgan fingerprint density at radius 1 is 1.10 bits per heavy atom. The largest absolute Gasteiger partial charge is 0.354 e. The number of benzene rings is 1. The van der Waals surface area contributed by atoms with Gasteiger partial charge in [-0.05, 0) is 24.8 Å². The Balaban J connectivity index is 1.92. The first-order valence-corrected chi connectivity index (χ1v) is 8.15. The fourth-order valence-electron chi connectivity index (χ4n) is 3.04. The van der Waals surface area contributed by atoms with Crippen LogP contribution in [-0.2, 0) is 5.88 Å². The van der Waals surface area contributed by atoms with Crippen LogP contribution in [0, 0.1) is 0 Å². The Labute approximate surface area is 131 Å². The van der Waals surface area contributed by atoms with Crippen molar-refractivity contribution < 1.29 is 0 Å². The molecule has 1 aliphatic rings. The molecule has 2 aromatic rings. The first kappa shape index (κ1) is 14.6. The smallest absolute Gasteiger partial charge is 0.136 e. The van der Waals surface area contributed by atoms with E-state index < -0.39 is 0 Å². The van der Waals surface area contributed by atoms with Crippen molar-refractivity contribution in [3.8, 4) is 0 Å². The molecule has 1 aliphatic heterocycles. The van der Waals surface area contributed by atoms with E-state index in [-0.39, 0.29) is 0 Å². The summed E-state index contributed by atoms with van der Waals surface area (Å²) in [5.41, 5.74) is 1.11. The molecule has 0 bridgehead atoms. The maximum Gasteiger partial charge on any atom is 0.136 e. The molecule has 3 nitrogen and oxygen atoms in total. The topological polar surface area (TPSA) is 19.4 Å². The van der Waals surface area contributed by atoms with Crippen LogP contribution in [0.25, 0.3) is 10.8 Å². The quantitative estimate of drug-likeness (QED) is 0.809. The number of alkyl halides is 1. The molecule has 1 aromatic heterocycles. The predicted octanol–water partition coefficient (Wildman–Crippen LogP) is 3.50. The zero-order valence-electron chi connectivity index (χ0n) is 12.7. The molecule has 0 radical (unpaired) electrons. The summed E-state index contributed by atoms with van der Waals surface area (Å²) in [5, 5.41) is 2.44. The van der Waals surface area contributed by atoms with Crippen LogP contribution in [0.15, 0.2) is 30.5 Å². The average molecular weight is 304 g/mol. The van der Waals surface area contributed by atoms with Gasteiger partial charge >= 0.3 is 0 Å². The standard InChI is InChI=1S/C17H22ClN3/c1-13(2)20-7-9-21(10-8-20)17-16-6-4-3-5-15(16)14(11-18)12-19-17/h3-6,12-13H,7-11H2,1-2H3. The Bertz CT molecular complexity index is 618. The normalized spacial score (nSPS) is 16.9. The van der Waals surface area contributed by atoms with Crippen molar-refractivity contribution in [2.75, 3.05) is 31.1 Å². The highest BCUT2D eigenvalue weighted by Crippen LogP contribution is 2.28. The van der Waals surface area contributed by atoms with Gasteiger partial charge in [0.15, 0.2) is 0 Å². The minimum atomic E-state index is 0.509. The number of hydrogen-bond acceptors (Lipinski definition) is 3. The third-order valence-corrected chi connectivity index (χ3v) is 4.63. The van der Waals surface area contributed by atoms with Crippen molar-refractivity contribution in [1.82, 2.24) is 9.88 Å². The lowest BCUT2D eigenvalue weighted by atomic mass is 10.1. The molecule has 2 heterocycles. The highest BCUT2D eigenvalue weighted by atomic mass is 35.5. The third kappa shape index (κ3) is 2.85. The van der Waals surface area contributed by atoms with Crippen LogP contribution in [0.5, 0.6) is 0 Å². The molecule has 4 heteroatoms. The molecule has 1 aromatic carbocycles. The Hall–Kier alpha value is -1.32. The van der Waals surface area contributed by atoms with Gasteiger partial charge in [0, 0.05) is 49.7 Å². The summed E-state index contributed by atoms with van der Waals surface area (Å²) in [5.74, 6) is 1.61. The molecule has 0 amide bonds. The van der Waals surface area contributed by atoms with Gasteiger partial charge in [0.1, 0.15) is 5.82 Å². The maximum atomic E-state index is 6.04. The predicted molar refractivity (Wildman–Crippen MR) is 90.2 cm³/mol. The molecule has 1 saturated heterocycles. The van der Waals surface area contributed by atoms with Gasteiger partial charge in [-0.2, -0.15) is 0 Å². The number of hydrogen-bond donors (Lipinski definition) is 0. The fourth-order valence-corrected chi connectivity index (χ4v) is 3.26. The summed E-state index contributed by atoms with van der Waals surface area (Å²) < 4.78 is 0. The molecule has 3 rings (SSSR count). The summed E-state index contributed by atoms with van der Waals surface area (Å²) in [7, 11) is 0. The molecule has 21 heavy (non-hydrogen) atoms. The van der Waals surface area contributed by atoms with Gasteiger partial charge in [-0.1, -0.05) is 24.3 Å². The van der Waals surface area contributed by atoms with E-state index >= 15 is 0 Å². The van der Waals surface area contributed by atoms with Crippen LogP contribution in [0.1, 0.15) is 19.4 Å². The minimum absolute atomic E-state index is 0.509. The van der Waals surface area contributed by atoms with Gasteiger partial charge in [0.25, 0.3) is 0 Å². The van der Waals surface area contributed by atoms with E-state index in [9.17, 15) is 0 Å². The SMILES string of the molecule is CC(C)N1CCN(c2ncc(CCl)c3ccccc23)CC1. The van der Waals surface area contributed by atoms with Crippen LogP contribution >= 0.6 is 11.6 Å². The van der Waals surface area contributed by atoms with Crippen molar-refractivity contribution in [1.29, 1.82) is 0 Å². The van der Waals surface area contributed by atoms with E-state index in [1.165, 1.54) is 10.8 Å². The van der Waals surface area contributed by atoms with Crippen LogP contribution in [0.4, 0.5) is 5.82 Å². The monoisotopic (exact) mass is 303 g/mol. The van der Waals surface area contributed by atoms with Crippen molar-refractivity contribution in [3.63, 3.8) is 0 Å². The summed E-state index contributed by atoms with van der Waals surface area (Å²) in [4.78, 5) is 9.62. The van der Waals surface area contributed by atoms with E-state index in [0.29, 0.717) is 11.9 Å². The molecule has 0 aliphatic carbocycles. The zero-order chi connectivity index (χ0) is 14.8. The van der Waals surface area contributed by atoms with Gasteiger partial charge in [0.2, 0.25) is 0 Å². The minimum Gasteiger partial charge on any atom is -0.354 e. The molecule has 0 N–H and O–H groups in total. The van der Waals surface area contributed by atoms with Crippen molar-refractivity contribution in [3.05, 3.63) is 36.0 Å². The Kier molecular flexibility index (Phi) is 4.32. The van der Waals surface area contributed by atoms with Gasteiger partial charge in [0.05, 0.1) is 0 Å². The summed E-state index contributed by atoms with van der Waals surface area (Å²) in [6.07, 6.45) is 1.93. The van der Waals surface area contributed by atoms with Crippen LogP contribution < -0.4 is 4.90 Å². The molecular weight excluding hydrogens is 282 g/mol. The number of anilines is 1. The van der Waals surface area contributed by atoms with E-state index in [2.05, 4.69) is 47.9 Å². The number of aromatic nitrogens is 1. The van der Waals surface area contributed by atoms with E-state index in [1.54, 1.807) is 0 Å². The second-order valence-electron chi connectivity index (χ2n) is 5.90. The number of pyridine rings is 1. The molecule has 0 spiro atoms. The highest BCUT2D eigenvalue weighted by molar-refractivity contribution is 6.18. The number of halogens is 1. The van der Waals surface area contributed by atoms with E-state index in [4.69, 9.17) is 16.6 Å². The summed E-state index contributed by atoms with van der Waals surface area (Å²) >= 11 is 6.04. The van der Waals surface area contributed by atoms with Gasteiger partial charge in [-0.15, -0.1) is 11.6 Å². The number of fused-ring (bicyclic) bond motifs is 1. The first-order valence-electron chi connectivity index (χ1n) is 7.62. The summed E-state index contributed by atoms with van der Waals surface area (Å²) in [6, 6.07) is 9.07. The van der Waals surface area contributed by atoms with Crippen LogP contribution in [0.2, 0.25) is 0 Å². The molecule has 1 fully saturated rings. The van der Waals surface area contributed by atoms with Crippen molar-refractivity contribution >= 4 is 28.2 Å². The molecule has 0 saturated carbocycles. The zero-order valence-corrected chi connectivity index (χ0v) is 13.5.